The second-order valence-electron chi connectivity index (χ2n) is 10.2. The summed E-state index contributed by atoms with van der Waals surface area (Å²) in [6.07, 6.45) is 0.920. The van der Waals surface area contributed by atoms with Crippen LogP contribution in [0.2, 0.25) is 0 Å². The molecule has 1 aliphatic heterocycles. The summed E-state index contributed by atoms with van der Waals surface area (Å²) in [4.78, 5) is 41.8. The van der Waals surface area contributed by atoms with Gasteiger partial charge < -0.3 is 25.7 Å². The van der Waals surface area contributed by atoms with Crippen LogP contribution in [0, 0.1) is 24.2 Å². The Hall–Kier alpha value is -4.32. The summed E-state index contributed by atoms with van der Waals surface area (Å²) in [6.45, 7) is 5.87. The van der Waals surface area contributed by atoms with Gasteiger partial charge in [-0.2, -0.15) is 5.26 Å². The van der Waals surface area contributed by atoms with Crippen LogP contribution in [0.5, 0.6) is 5.75 Å². The van der Waals surface area contributed by atoms with Crippen LogP contribution in [-0.2, 0) is 9.59 Å². The molecule has 0 aliphatic carbocycles. The second-order valence-corrected chi connectivity index (χ2v) is 10.2. The van der Waals surface area contributed by atoms with Gasteiger partial charge in [0.15, 0.2) is 0 Å². The fourth-order valence-electron chi connectivity index (χ4n) is 4.95. The molecule has 1 aromatic heterocycles. The number of aromatic amines is 1. The summed E-state index contributed by atoms with van der Waals surface area (Å²) in [7, 11) is 1.56. The summed E-state index contributed by atoms with van der Waals surface area (Å²) in [6, 6.07) is 13.5. The number of aromatic nitrogens is 1. The van der Waals surface area contributed by atoms with Crippen LogP contribution in [0.25, 0.3) is 10.9 Å². The first kappa shape index (κ1) is 26.7. The number of H-pyrrole nitrogens is 1. The zero-order valence-electron chi connectivity index (χ0n) is 22.1. The Balaban J connectivity index is 1.48. The average Bonchev–Trinajstić information content (AvgIpc) is 3.32. The zero-order chi connectivity index (χ0) is 27.4. The number of amides is 3. The minimum Gasteiger partial charge on any atom is -0.496 e. The highest BCUT2D eigenvalue weighted by Crippen LogP contribution is 2.35. The summed E-state index contributed by atoms with van der Waals surface area (Å²) >= 11 is 0. The lowest BCUT2D eigenvalue weighted by Gasteiger charge is -2.28. The molecule has 2 unspecified atom stereocenters. The first-order chi connectivity index (χ1) is 18.2. The maximum atomic E-state index is 13.3. The smallest absolute Gasteiger partial charge is 0.268 e. The molecule has 38 heavy (non-hydrogen) atoms. The molecule has 1 aliphatic rings. The molecule has 9 nitrogen and oxygen atoms in total. The Bertz CT molecular complexity index is 1400. The van der Waals surface area contributed by atoms with E-state index in [2.05, 4.69) is 27.0 Å². The molecule has 0 saturated carbocycles. The molecule has 4 N–H and O–H groups in total. The van der Waals surface area contributed by atoms with Crippen molar-refractivity contribution in [2.24, 2.45) is 5.92 Å². The monoisotopic (exact) mass is 515 g/mol. The lowest BCUT2D eigenvalue weighted by Crippen LogP contribution is -2.50. The number of benzene rings is 2. The fourth-order valence-corrected chi connectivity index (χ4v) is 4.95. The molecule has 3 aromatic rings. The van der Waals surface area contributed by atoms with Crippen LogP contribution in [0.1, 0.15) is 60.6 Å². The first-order valence-electron chi connectivity index (χ1n) is 12.8. The highest BCUT2D eigenvalue weighted by atomic mass is 16.5. The van der Waals surface area contributed by atoms with Gasteiger partial charge in [0.2, 0.25) is 11.8 Å². The molecule has 9 heteroatoms. The largest absolute Gasteiger partial charge is 0.496 e. The van der Waals surface area contributed by atoms with Crippen molar-refractivity contribution >= 4 is 34.3 Å². The van der Waals surface area contributed by atoms with Crippen LogP contribution in [-0.4, -0.2) is 41.9 Å². The summed E-state index contributed by atoms with van der Waals surface area (Å²) in [5, 5.41) is 19.1. The number of hydrogen-bond acceptors (Lipinski definition) is 5. The van der Waals surface area contributed by atoms with Crippen molar-refractivity contribution in [1.29, 1.82) is 5.26 Å². The van der Waals surface area contributed by atoms with Gasteiger partial charge in [0, 0.05) is 23.0 Å². The minimum absolute atomic E-state index is 0.115. The van der Waals surface area contributed by atoms with Gasteiger partial charge in [0.25, 0.3) is 5.91 Å². The van der Waals surface area contributed by atoms with Gasteiger partial charge in [-0.3, -0.25) is 14.4 Å². The van der Waals surface area contributed by atoms with Gasteiger partial charge in [-0.05, 0) is 67.0 Å². The van der Waals surface area contributed by atoms with Gasteiger partial charge in [-0.15, -0.1) is 0 Å². The molecule has 2 heterocycles. The van der Waals surface area contributed by atoms with Gasteiger partial charge >= 0.3 is 0 Å². The van der Waals surface area contributed by atoms with Crippen molar-refractivity contribution in [3.8, 4) is 11.8 Å². The van der Waals surface area contributed by atoms with Crippen LogP contribution in [0.15, 0.2) is 42.5 Å². The topological polar surface area (TPSA) is 136 Å². The number of nitrogens with one attached hydrogen (secondary N) is 4. The number of aryl methyl sites for hydroxylation is 1. The SMILES string of the molecule is COc1cccc2[nH]c(C(=O)N[C@@H](CC(C)C)C(=O)NC(C#N)CC3CC(=O)Nc4cc(C)ccc43)cc12. The molecule has 0 spiro atoms. The molecule has 0 fully saturated rings. The predicted octanol–water partition coefficient (Wildman–Crippen LogP) is 4.15. The second kappa shape index (κ2) is 11.4. The number of ether oxygens (including phenoxy) is 1. The maximum absolute atomic E-state index is 13.3. The van der Waals surface area contributed by atoms with Crippen LogP contribution in [0.3, 0.4) is 0 Å². The molecule has 3 amide bonds. The lowest BCUT2D eigenvalue weighted by molar-refractivity contribution is -0.123. The number of methoxy groups -OCH3 is 1. The number of carbonyl (C=O) groups is 3. The maximum Gasteiger partial charge on any atom is 0.268 e. The van der Waals surface area contributed by atoms with E-state index in [-0.39, 0.29) is 30.6 Å². The number of anilines is 1. The van der Waals surface area contributed by atoms with Gasteiger partial charge in [0.1, 0.15) is 23.5 Å². The molecule has 198 valence electrons. The summed E-state index contributed by atoms with van der Waals surface area (Å²) in [5.41, 5.74) is 3.77. The van der Waals surface area contributed by atoms with E-state index in [1.54, 1.807) is 13.2 Å². The number of fused-ring (bicyclic) bond motifs is 2. The first-order valence-corrected chi connectivity index (χ1v) is 12.8. The third-order valence-corrected chi connectivity index (χ3v) is 6.76. The van der Waals surface area contributed by atoms with Crippen molar-refractivity contribution in [1.82, 2.24) is 15.6 Å². The third kappa shape index (κ3) is 5.97. The molecular weight excluding hydrogens is 482 g/mol. The molecular formula is C29H33N5O4. The normalized spacial score (nSPS) is 16.2. The Morgan fingerprint density at radius 2 is 1.97 bits per heavy atom. The summed E-state index contributed by atoms with van der Waals surface area (Å²) in [5.74, 6) is -0.423. The average molecular weight is 516 g/mol. The summed E-state index contributed by atoms with van der Waals surface area (Å²) < 4.78 is 5.37. The van der Waals surface area contributed by atoms with E-state index in [0.717, 1.165) is 27.7 Å². The Morgan fingerprint density at radius 3 is 2.68 bits per heavy atom. The number of carbonyl (C=O) groups excluding carboxylic acids is 3. The Kier molecular flexibility index (Phi) is 8.01. The quantitative estimate of drug-likeness (QED) is 0.339. The molecule has 0 saturated heterocycles. The zero-order valence-corrected chi connectivity index (χ0v) is 22.1. The van der Waals surface area contributed by atoms with Gasteiger partial charge in [-0.1, -0.05) is 32.0 Å². The van der Waals surface area contributed by atoms with Crippen molar-refractivity contribution < 1.29 is 19.1 Å². The van der Waals surface area contributed by atoms with Crippen molar-refractivity contribution in [2.45, 2.75) is 58.0 Å². The predicted molar refractivity (Wildman–Crippen MR) is 145 cm³/mol. The number of rotatable bonds is 9. The molecule has 2 aromatic carbocycles. The highest BCUT2D eigenvalue weighted by molar-refractivity contribution is 6.01. The van der Waals surface area contributed by atoms with E-state index < -0.39 is 23.9 Å². The van der Waals surface area contributed by atoms with Crippen LogP contribution in [0.4, 0.5) is 5.69 Å². The molecule has 3 atom stereocenters. The van der Waals surface area contributed by atoms with Crippen molar-refractivity contribution in [3.63, 3.8) is 0 Å². The van der Waals surface area contributed by atoms with E-state index in [9.17, 15) is 19.6 Å². The Morgan fingerprint density at radius 1 is 1.18 bits per heavy atom. The lowest BCUT2D eigenvalue weighted by atomic mass is 9.85. The fraction of sp³-hybridized carbons (Fsp3) is 0.379. The van der Waals surface area contributed by atoms with E-state index >= 15 is 0 Å². The molecule has 4 rings (SSSR count). The number of nitriles is 1. The Labute approximate surface area is 221 Å². The van der Waals surface area contributed by atoms with Gasteiger partial charge in [-0.25, -0.2) is 0 Å². The van der Waals surface area contributed by atoms with Crippen molar-refractivity contribution in [3.05, 3.63) is 59.3 Å². The van der Waals surface area contributed by atoms with Crippen molar-refractivity contribution in [2.75, 3.05) is 12.4 Å². The number of nitrogens with zero attached hydrogens (tertiary/aromatic N) is 1. The molecule has 0 radical (unpaired) electrons. The van der Waals surface area contributed by atoms with E-state index in [4.69, 9.17) is 4.74 Å². The van der Waals surface area contributed by atoms with E-state index in [0.29, 0.717) is 17.9 Å². The standard InChI is InChI=1S/C29H33N5O4/c1-16(2)10-24(34-29(37)25-14-21-22(32-25)6-5-7-26(21)38-4)28(36)31-19(15-30)12-18-13-27(35)33-23-11-17(3)8-9-20(18)23/h5-9,11,14,16,18-19,24,32H,10,12-13H2,1-4H3,(H,31,36)(H,33,35)(H,34,37)/t18?,19?,24-/m0/s1. The molecule has 0 bridgehead atoms. The van der Waals surface area contributed by atoms with E-state index in [1.165, 1.54) is 0 Å². The van der Waals surface area contributed by atoms with Crippen LogP contribution < -0.4 is 20.7 Å². The van der Waals surface area contributed by atoms with Gasteiger partial charge in [0.05, 0.1) is 13.2 Å². The highest BCUT2D eigenvalue weighted by Gasteiger charge is 2.30. The third-order valence-electron chi connectivity index (χ3n) is 6.76. The number of hydrogen-bond donors (Lipinski definition) is 4. The van der Waals surface area contributed by atoms with E-state index in [1.807, 2.05) is 57.2 Å². The minimum atomic E-state index is -0.837. The van der Waals surface area contributed by atoms with Crippen LogP contribution >= 0.6 is 0 Å².